The quantitative estimate of drug-likeness (QED) is 0.605. The molecule has 0 aliphatic rings. The predicted octanol–water partition coefficient (Wildman–Crippen LogP) is 1.42. The Morgan fingerprint density at radius 1 is 1.18 bits per heavy atom. The number of rotatable bonds is 9. The number of aliphatic hydroxyl groups excluding tert-OH is 1. The van der Waals surface area contributed by atoms with Crippen LogP contribution in [-0.2, 0) is 9.47 Å². The van der Waals surface area contributed by atoms with Crippen LogP contribution in [0, 0.1) is 5.92 Å². The lowest BCUT2D eigenvalue weighted by Crippen LogP contribution is -2.35. The Morgan fingerprint density at radius 2 is 1.82 bits per heavy atom. The van der Waals surface area contributed by atoms with Crippen molar-refractivity contribution >= 4 is 0 Å². The smallest absolute Gasteiger partial charge is 0.0897 e. The lowest BCUT2D eigenvalue weighted by atomic mass is 10.2. The molecule has 0 saturated carbocycles. The largest absolute Gasteiger partial charge is 0.389 e. The Balaban J connectivity index is 3.31. The van der Waals surface area contributed by atoms with Gasteiger partial charge in [0.15, 0.2) is 0 Å². The average Bonchev–Trinajstić information content (AvgIpc) is 2.19. The highest BCUT2D eigenvalue weighted by molar-refractivity contribution is 4.63. The molecular formula is C13H29NO3. The summed E-state index contributed by atoms with van der Waals surface area (Å²) in [5.74, 6) is 0.570. The van der Waals surface area contributed by atoms with Crippen molar-refractivity contribution in [1.29, 1.82) is 0 Å². The molecule has 1 unspecified atom stereocenters. The Kier molecular flexibility index (Phi) is 8.78. The van der Waals surface area contributed by atoms with Gasteiger partial charge >= 0.3 is 0 Å². The van der Waals surface area contributed by atoms with Gasteiger partial charge in [0, 0.05) is 19.7 Å². The summed E-state index contributed by atoms with van der Waals surface area (Å²) in [5, 5.41) is 12.8. The van der Waals surface area contributed by atoms with E-state index in [0.29, 0.717) is 25.7 Å². The van der Waals surface area contributed by atoms with Crippen LogP contribution in [0.25, 0.3) is 0 Å². The van der Waals surface area contributed by atoms with Gasteiger partial charge in [-0.1, -0.05) is 13.8 Å². The van der Waals surface area contributed by atoms with Gasteiger partial charge in [0.1, 0.15) is 0 Å². The van der Waals surface area contributed by atoms with Crippen LogP contribution in [0.4, 0.5) is 0 Å². The molecule has 104 valence electrons. The van der Waals surface area contributed by atoms with Gasteiger partial charge in [-0.3, -0.25) is 0 Å². The molecule has 0 spiro atoms. The molecule has 0 aromatic heterocycles. The molecule has 17 heavy (non-hydrogen) atoms. The fourth-order valence-electron chi connectivity index (χ4n) is 1.14. The van der Waals surface area contributed by atoms with E-state index in [1.807, 2.05) is 20.8 Å². The second-order valence-corrected chi connectivity index (χ2v) is 5.75. The zero-order chi connectivity index (χ0) is 13.3. The maximum atomic E-state index is 9.63. The molecule has 0 saturated heterocycles. The zero-order valence-corrected chi connectivity index (χ0v) is 12.0. The Labute approximate surface area is 106 Å². The Morgan fingerprint density at radius 3 is 2.35 bits per heavy atom. The van der Waals surface area contributed by atoms with E-state index >= 15 is 0 Å². The van der Waals surface area contributed by atoms with E-state index in [9.17, 15) is 5.11 Å². The number of ether oxygens (including phenoxy) is 2. The lowest BCUT2D eigenvalue weighted by Gasteiger charge is -2.22. The van der Waals surface area contributed by atoms with Gasteiger partial charge in [-0.15, -0.1) is 0 Å². The highest BCUT2D eigenvalue weighted by Gasteiger charge is 2.13. The van der Waals surface area contributed by atoms with Gasteiger partial charge in [0.05, 0.1) is 24.9 Å². The molecular weight excluding hydrogens is 218 g/mol. The molecule has 2 N–H and O–H groups in total. The molecule has 0 rings (SSSR count). The summed E-state index contributed by atoms with van der Waals surface area (Å²) in [6.45, 7) is 13.3. The van der Waals surface area contributed by atoms with Crippen LogP contribution in [-0.4, -0.2) is 49.7 Å². The number of hydrogen-bond donors (Lipinski definition) is 2. The van der Waals surface area contributed by atoms with E-state index in [-0.39, 0.29) is 5.60 Å². The van der Waals surface area contributed by atoms with Gasteiger partial charge in [-0.05, 0) is 26.7 Å². The average molecular weight is 247 g/mol. The summed E-state index contributed by atoms with van der Waals surface area (Å²) in [6.07, 6.45) is -0.459. The Hall–Kier alpha value is -0.160. The number of nitrogens with one attached hydrogen (secondary N) is 1. The molecule has 1 atom stereocenters. The number of aliphatic hydroxyl groups is 1. The van der Waals surface area contributed by atoms with Crippen LogP contribution in [0.15, 0.2) is 0 Å². The second kappa shape index (κ2) is 8.86. The SMILES string of the molecule is CC(C)COCCNCC(O)COC(C)(C)C. The first kappa shape index (κ1) is 16.8. The molecule has 0 radical (unpaired) electrons. The van der Waals surface area contributed by atoms with Crippen LogP contribution in [0.5, 0.6) is 0 Å². The standard InChI is InChI=1S/C13H29NO3/c1-11(2)9-16-7-6-14-8-12(15)10-17-13(3,4)5/h11-12,14-15H,6-10H2,1-5H3. The highest BCUT2D eigenvalue weighted by Crippen LogP contribution is 2.06. The summed E-state index contributed by atoms with van der Waals surface area (Å²) in [4.78, 5) is 0. The summed E-state index contributed by atoms with van der Waals surface area (Å²) in [5.41, 5.74) is -0.193. The van der Waals surface area contributed by atoms with E-state index in [4.69, 9.17) is 9.47 Å². The van der Waals surface area contributed by atoms with E-state index in [0.717, 1.165) is 13.2 Å². The van der Waals surface area contributed by atoms with Crippen molar-refractivity contribution < 1.29 is 14.6 Å². The molecule has 0 heterocycles. The maximum absolute atomic E-state index is 9.63. The van der Waals surface area contributed by atoms with Gasteiger partial charge in [-0.2, -0.15) is 0 Å². The van der Waals surface area contributed by atoms with E-state index in [2.05, 4.69) is 19.2 Å². The van der Waals surface area contributed by atoms with Crippen molar-refractivity contribution in [3.05, 3.63) is 0 Å². The van der Waals surface area contributed by atoms with Gasteiger partial charge in [0.25, 0.3) is 0 Å². The molecule has 0 aromatic carbocycles. The van der Waals surface area contributed by atoms with Crippen molar-refractivity contribution in [3.63, 3.8) is 0 Å². The van der Waals surface area contributed by atoms with Crippen LogP contribution >= 0.6 is 0 Å². The molecule has 4 nitrogen and oxygen atoms in total. The normalized spacial score (nSPS) is 14.3. The fraction of sp³-hybridized carbons (Fsp3) is 1.00. The first-order valence-electron chi connectivity index (χ1n) is 6.41. The molecule has 0 bridgehead atoms. The predicted molar refractivity (Wildman–Crippen MR) is 70.2 cm³/mol. The molecule has 0 aromatic rings. The van der Waals surface area contributed by atoms with Gasteiger partial charge in [0.2, 0.25) is 0 Å². The number of hydrogen-bond acceptors (Lipinski definition) is 4. The van der Waals surface area contributed by atoms with E-state index < -0.39 is 6.10 Å². The van der Waals surface area contributed by atoms with Crippen LogP contribution in [0.3, 0.4) is 0 Å². The minimum atomic E-state index is -0.459. The van der Waals surface area contributed by atoms with Crippen molar-refractivity contribution in [2.75, 3.05) is 32.9 Å². The van der Waals surface area contributed by atoms with Gasteiger partial charge < -0.3 is 19.9 Å². The zero-order valence-electron chi connectivity index (χ0n) is 12.0. The van der Waals surface area contributed by atoms with Crippen molar-refractivity contribution in [1.82, 2.24) is 5.32 Å². The van der Waals surface area contributed by atoms with Crippen LogP contribution < -0.4 is 5.32 Å². The topological polar surface area (TPSA) is 50.7 Å². The lowest BCUT2D eigenvalue weighted by molar-refractivity contribution is -0.0481. The van der Waals surface area contributed by atoms with E-state index in [1.165, 1.54) is 0 Å². The minimum absolute atomic E-state index is 0.193. The van der Waals surface area contributed by atoms with E-state index in [1.54, 1.807) is 0 Å². The minimum Gasteiger partial charge on any atom is -0.389 e. The summed E-state index contributed by atoms with van der Waals surface area (Å²) in [7, 11) is 0. The first-order chi connectivity index (χ1) is 7.81. The third kappa shape index (κ3) is 13.8. The third-order valence-corrected chi connectivity index (χ3v) is 1.96. The van der Waals surface area contributed by atoms with Crippen LogP contribution in [0.1, 0.15) is 34.6 Å². The fourth-order valence-corrected chi connectivity index (χ4v) is 1.14. The first-order valence-corrected chi connectivity index (χ1v) is 6.41. The molecule has 0 aliphatic carbocycles. The molecule has 4 heteroatoms. The summed E-state index contributed by atoms with van der Waals surface area (Å²) >= 11 is 0. The monoisotopic (exact) mass is 247 g/mol. The van der Waals surface area contributed by atoms with Crippen LogP contribution in [0.2, 0.25) is 0 Å². The maximum Gasteiger partial charge on any atom is 0.0897 e. The summed E-state index contributed by atoms with van der Waals surface area (Å²) in [6, 6.07) is 0. The third-order valence-electron chi connectivity index (χ3n) is 1.96. The Bertz CT molecular complexity index is 178. The molecule has 0 fully saturated rings. The second-order valence-electron chi connectivity index (χ2n) is 5.75. The van der Waals surface area contributed by atoms with Crippen molar-refractivity contribution in [3.8, 4) is 0 Å². The molecule has 0 amide bonds. The summed E-state index contributed by atoms with van der Waals surface area (Å²) < 4.78 is 10.9. The highest BCUT2D eigenvalue weighted by atomic mass is 16.5. The van der Waals surface area contributed by atoms with Crippen molar-refractivity contribution in [2.24, 2.45) is 5.92 Å². The van der Waals surface area contributed by atoms with Crippen molar-refractivity contribution in [2.45, 2.75) is 46.3 Å². The molecule has 0 aliphatic heterocycles. The van der Waals surface area contributed by atoms with Gasteiger partial charge in [-0.25, -0.2) is 0 Å².